The third kappa shape index (κ3) is 1.94. The van der Waals surface area contributed by atoms with Gasteiger partial charge in [0.05, 0.1) is 5.92 Å². The van der Waals surface area contributed by atoms with E-state index in [9.17, 15) is 4.79 Å². The smallest absolute Gasteiger partial charge is 0.195 e. The molecule has 0 fully saturated rings. The number of thiophene rings is 1. The minimum absolute atomic E-state index is 0.0155. The van der Waals surface area contributed by atoms with Crippen LogP contribution >= 0.6 is 23.1 Å². The average Bonchev–Trinajstić information content (AvgIpc) is 2.74. The lowest BCUT2D eigenvalue weighted by Gasteiger charge is -2.10. The van der Waals surface area contributed by atoms with Crippen molar-refractivity contribution in [3.8, 4) is 0 Å². The number of benzene rings is 1. The maximum atomic E-state index is 11.6. The Balaban J connectivity index is 2.51. The summed E-state index contributed by atoms with van der Waals surface area (Å²) in [4.78, 5) is 11.6. The van der Waals surface area contributed by atoms with Crippen LogP contribution in [-0.2, 0) is 4.79 Å². The van der Waals surface area contributed by atoms with E-state index >= 15 is 0 Å². The van der Waals surface area contributed by atoms with E-state index in [0.29, 0.717) is 0 Å². The molecular weight excluding hydrogens is 224 g/mol. The van der Waals surface area contributed by atoms with Gasteiger partial charge in [0.2, 0.25) is 0 Å². The van der Waals surface area contributed by atoms with Crippen LogP contribution in [0.25, 0.3) is 10.1 Å². The van der Waals surface area contributed by atoms with Gasteiger partial charge in [0, 0.05) is 4.70 Å². The van der Waals surface area contributed by atoms with Gasteiger partial charge in [-0.3, -0.25) is 4.79 Å². The maximum Gasteiger partial charge on any atom is 0.195 e. The van der Waals surface area contributed by atoms with Gasteiger partial charge in [-0.1, -0.05) is 30.8 Å². The van der Waals surface area contributed by atoms with Gasteiger partial charge in [-0.25, -0.2) is 0 Å². The Bertz CT molecular complexity index is 487. The van der Waals surface area contributed by atoms with Gasteiger partial charge in [0.1, 0.15) is 0 Å². The summed E-state index contributed by atoms with van der Waals surface area (Å²) in [6.07, 6.45) is 1.84. The van der Waals surface area contributed by atoms with Crippen LogP contribution < -0.4 is 0 Å². The molecule has 2 aromatic rings. The molecule has 0 saturated heterocycles. The zero-order valence-corrected chi connectivity index (χ0v) is 10.3. The lowest BCUT2D eigenvalue weighted by molar-refractivity contribution is -0.111. The van der Waals surface area contributed by atoms with Crippen molar-refractivity contribution < 1.29 is 4.79 Å². The minimum Gasteiger partial charge on any atom is -0.287 e. The second-order valence-electron chi connectivity index (χ2n) is 3.42. The van der Waals surface area contributed by atoms with E-state index in [2.05, 4.69) is 17.5 Å². The fraction of sp³-hybridized carbons (Fsp3) is 0.250. The number of thioether (sulfide) groups is 1. The number of carbonyl (C=O) groups excluding carboxylic acids is 1. The fourth-order valence-corrected chi connectivity index (χ4v) is 3.00. The van der Waals surface area contributed by atoms with Gasteiger partial charge in [0.15, 0.2) is 5.12 Å². The van der Waals surface area contributed by atoms with Crippen molar-refractivity contribution >= 4 is 38.3 Å². The average molecular weight is 236 g/mol. The van der Waals surface area contributed by atoms with Crippen molar-refractivity contribution in [2.75, 3.05) is 6.26 Å². The Morgan fingerprint density at radius 1 is 1.40 bits per heavy atom. The molecule has 0 aliphatic heterocycles. The molecule has 1 aromatic heterocycles. The first-order valence-corrected chi connectivity index (χ1v) is 6.88. The molecule has 0 saturated carbocycles. The van der Waals surface area contributed by atoms with Crippen LogP contribution in [0.3, 0.4) is 0 Å². The van der Waals surface area contributed by atoms with Crippen LogP contribution in [0.5, 0.6) is 0 Å². The number of carbonyl (C=O) groups is 1. The Hall–Kier alpha value is -0.800. The van der Waals surface area contributed by atoms with Crippen LogP contribution in [-0.4, -0.2) is 11.4 Å². The van der Waals surface area contributed by atoms with E-state index < -0.39 is 0 Å². The van der Waals surface area contributed by atoms with E-state index in [0.717, 1.165) is 5.56 Å². The van der Waals surface area contributed by atoms with Gasteiger partial charge in [0.25, 0.3) is 0 Å². The van der Waals surface area contributed by atoms with Crippen LogP contribution in [0.15, 0.2) is 29.6 Å². The molecule has 0 radical (unpaired) electrons. The Kier molecular flexibility index (Phi) is 3.12. The SMILES string of the molecule is CSC(=O)[C@@H](C)c1cccc2sccc12. The van der Waals surface area contributed by atoms with E-state index in [4.69, 9.17) is 0 Å². The highest BCUT2D eigenvalue weighted by molar-refractivity contribution is 8.13. The minimum atomic E-state index is -0.0155. The normalized spacial score (nSPS) is 12.9. The summed E-state index contributed by atoms with van der Waals surface area (Å²) in [7, 11) is 0. The van der Waals surface area contributed by atoms with Crippen molar-refractivity contribution in [3.05, 3.63) is 35.2 Å². The van der Waals surface area contributed by atoms with Crippen molar-refractivity contribution in [2.45, 2.75) is 12.8 Å². The standard InChI is InChI=1S/C12H12OS2/c1-8(12(13)14-2)9-4-3-5-11-10(9)6-7-15-11/h3-8H,1-2H3/t8-/m0/s1. The van der Waals surface area contributed by atoms with Crippen LogP contribution in [0.1, 0.15) is 18.4 Å². The predicted octanol–water partition coefficient (Wildman–Crippen LogP) is 3.89. The molecule has 1 aromatic carbocycles. The summed E-state index contributed by atoms with van der Waals surface area (Å²) in [5.74, 6) is -0.0155. The molecule has 2 rings (SSSR count). The molecule has 1 nitrogen and oxygen atoms in total. The molecule has 0 N–H and O–H groups in total. The lowest BCUT2D eigenvalue weighted by Crippen LogP contribution is -2.04. The Morgan fingerprint density at radius 3 is 2.93 bits per heavy atom. The third-order valence-corrected chi connectivity index (χ3v) is 4.19. The molecule has 1 atom stereocenters. The Morgan fingerprint density at radius 2 is 2.20 bits per heavy atom. The summed E-state index contributed by atoms with van der Waals surface area (Å²) < 4.78 is 1.26. The van der Waals surface area contributed by atoms with Crippen molar-refractivity contribution in [2.24, 2.45) is 0 Å². The number of rotatable bonds is 2. The topological polar surface area (TPSA) is 17.1 Å². The molecule has 0 unspecified atom stereocenters. The first kappa shape index (κ1) is 10.7. The maximum absolute atomic E-state index is 11.6. The third-order valence-electron chi connectivity index (χ3n) is 2.55. The van der Waals surface area contributed by atoms with Gasteiger partial charge < -0.3 is 0 Å². The largest absolute Gasteiger partial charge is 0.287 e. The van der Waals surface area contributed by atoms with Crippen molar-refractivity contribution in [1.29, 1.82) is 0 Å². The summed E-state index contributed by atoms with van der Waals surface area (Å²) in [6, 6.07) is 8.27. The molecule has 3 heteroatoms. The quantitative estimate of drug-likeness (QED) is 0.786. The number of fused-ring (bicyclic) bond motifs is 1. The molecule has 0 aliphatic rings. The van der Waals surface area contributed by atoms with Gasteiger partial charge in [-0.05, 0) is 34.7 Å². The van der Waals surface area contributed by atoms with E-state index in [-0.39, 0.29) is 11.0 Å². The van der Waals surface area contributed by atoms with Crippen molar-refractivity contribution in [1.82, 2.24) is 0 Å². The summed E-state index contributed by atoms with van der Waals surface area (Å²) >= 11 is 3.02. The molecule has 0 bridgehead atoms. The highest BCUT2D eigenvalue weighted by Gasteiger charge is 2.16. The zero-order chi connectivity index (χ0) is 10.8. The van der Waals surface area contributed by atoms with E-state index in [1.54, 1.807) is 11.3 Å². The monoisotopic (exact) mass is 236 g/mol. The zero-order valence-electron chi connectivity index (χ0n) is 8.69. The predicted molar refractivity (Wildman–Crippen MR) is 68.8 cm³/mol. The molecule has 15 heavy (non-hydrogen) atoms. The molecule has 78 valence electrons. The molecule has 1 heterocycles. The number of hydrogen-bond donors (Lipinski definition) is 0. The van der Waals surface area contributed by atoms with Crippen molar-refractivity contribution in [3.63, 3.8) is 0 Å². The molecule has 0 amide bonds. The van der Waals surface area contributed by atoms with Crippen LogP contribution in [0.2, 0.25) is 0 Å². The first-order chi connectivity index (χ1) is 7.24. The molecule has 0 spiro atoms. The van der Waals surface area contributed by atoms with Gasteiger partial charge in [-0.15, -0.1) is 11.3 Å². The van der Waals surface area contributed by atoms with E-state index in [1.165, 1.54) is 21.8 Å². The summed E-state index contributed by atoms with van der Waals surface area (Å²) in [5, 5.41) is 3.52. The molecular formula is C12H12OS2. The second-order valence-corrected chi connectivity index (χ2v) is 5.18. The van der Waals surface area contributed by atoms with Gasteiger partial charge >= 0.3 is 0 Å². The lowest BCUT2D eigenvalue weighted by atomic mass is 9.99. The highest BCUT2D eigenvalue weighted by atomic mass is 32.2. The Labute approximate surface area is 97.5 Å². The van der Waals surface area contributed by atoms with Gasteiger partial charge in [-0.2, -0.15) is 0 Å². The van der Waals surface area contributed by atoms with E-state index in [1.807, 2.05) is 25.3 Å². The molecule has 0 aliphatic carbocycles. The number of hydrogen-bond acceptors (Lipinski definition) is 3. The van der Waals surface area contributed by atoms with Crippen LogP contribution in [0.4, 0.5) is 0 Å². The first-order valence-electron chi connectivity index (χ1n) is 4.78. The van der Waals surface area contributed by atoms with Crippen LogP contribution in [0, 0.1) is 0 Å². The highest BCUT2D eigenvalue weighted by Crippen LogP contribution is 2.31. The second kappa shape index (κ2) is 4.37. The summed E-state index contributed by atoms with van der Waals surface area (Å²) in [6.45, 7) is 1.98. The fourth-order valence-electron chi connectivity index (χ4n) is 1.70. The summed E-state index contributed by atoms with van der Waals surface area (Å²) in [5.41, 5.74) is 1.15.